The first-order chi connectivity index (χ1) is 11.3. The van der Waals surface area contributed by atoms with E-state index in [-0.39, 0.29) is 11.6 Å². The van der Waals surface area contributed by atoms with Crippen LogP contribution in [0, 0.1) is 0 Å². The van der Waals surface area contributed by atoms with Crippen LogP contribution in [0.5, 0.6) is 0 Å². The van der Waals surface area contributed by atoms with Gasteiger partial charge in [-0.15, -0.1) is 0 Å². The minimum atomic E-state index is -3.70. The van der Waals surface area contributed by atoms with Crippen LogP contribution >= 0.6 is 0 Å². The molecule has 0 spiro atoms. The molecule has 2 heterocycles. The van der Waals surface area contributed by atoms with E-state index < -0.39 is 43.9 Å². The number of aliphatic hydroxyl groups excluding tert-OH is 1. The Kier molecular flexibility index (Phi) is 5.12. The van der Waals surface area contributed by atoms with Gasteiger partial charge in [-0.3, -0.25) is 14.3 Å². The summed E-state index contributed by atoms with van der Waals surface area (Å²) in [7, 11) is -2.22. The number of hydrogen-bond donors (Lipinski definition) is 2. The van der Waals surface area contributed by atoms with Crippen LogP contribution < -0.4 is 11.2 Å². The topological polar surface area (TPSA) is 93.5 Å². The van der Waals surface area contributed by atoms with Gasteiger partial charge in [0.15, 0.2) is 14.4 Å². The fraction of sp³-hybridized carbons (Fsp3) is 0.733. The molecule has 1 saturated heterocycles. The lowest BCUT2D eigenvalue weighted by Gasteiger charge is -2.37. The van der Waals surface area contributed by atoms with Crippen molar-refractivity contribution in [3.05, 3.63) is 33.1 Å². The molecule has 1 aromatic heterocycles. The van der Waals surface area contributed by atoms with Gasteiger partial charge in [-0.2, -0.15) is 8.78 Å². The number of alkyl halides is 2. The van der Waals surface area contributed by atoms with Crippen molar-refractivity contribution in [1.82, 2.24) is 9.55 Å². The van der Waals surface area contributed by atoms with Crippen LogP contribution in [0.15, 0.2) is 21.9 Å². The average molecular weight is 378 g/mol. The molecule has 1 aliphatic heterocycles. The third-order valence-electron chi connectivity index (χ3n) is 4.90. The summed E-state index contributed by atoms with van der Waals surface area (Å²) in [6, 6.07) is 0.937. The second-order valence-corrected chi connectivity index (χ2v) is 12.5. The van der Waals surface area contributed by atoms with Gasteiger partial charge in [0.1, 0.15) is 6.10 Å². The van der Waals surface area contributed by atoms with Crippen LogP contribution in [-0.4, -0.2) is 47.7 Å². The fourth-order valence-corrected chi connectivity index (χ4v) is 3.24. The lowest BCUT2D eigenvalue weighted by atomic mass is 10.1. The molecule has 0 bridgehead atoms. The molecule has 0 aromatic carbocycles. The number of rotatable bonds is 4. The maximum atomic E-state index is 14.4. The minimum absolute atomic E-state index is 0.131. The van der Waals surface area contributed by atoms with E-state index in [4.69, 9.17) is 9.16 Å². The van der Waals surface area contributed by atoms with E-state index in [1.165, 1.54) is 0 Å². The molecule has 0 aliphatic carbocycles. The quantitative estimate of drug-likeness (QED) is 0.774. The first kappa shape index (κ1) is 20.0. The zero-order chi connectivity index (χ0) is 19.2. The zero-order valence-corrected chi connectivity index (χ0v) is 15.9. The second kappa shape index (κ2) is 6.42. The van der Waals surface area contributed by atoms with Crippen molar-refractivity contribution in [3.63, 3.8) is 0 Å². The van der Waals surface area contributed by atoms with E-state index in [9.17, 15) is 23.5 Å². The van der Waals surface area contributed by atoms with Crippen molar-refractivity contribution in [1.29, 1.82) is 0 Å². The molecule has 0 saturated carbocycles. The molecular weight excluding hydrogens is 354 g/mol. The summed E-state index contributed by atoms with van der Waals surface area (Å²) >= 11 is 0. The normalized spacial score (nSPS) is 26.8. The number of nitrogens with one attached hydrogen (secondary N) is 1. The third-order valence-corrected chi connectivity index (χ3v) is 9.40. The number of aromatic nitrogens is 2. The Labute approximate surface area is 144 Å². The molecule has 2 N–H and O–H groups in total. The van der Waals surface area contributed by atoms with Gasteiger partial charge < -0.3 is 14.3 Å². The van der Waals surface area contributed by atoms with Crippen molar-refractivity contribution in [2.45, 2.75) is 63.3 Å². The maximum absolute atomic E-state index is 14.4. The number of hydrogen-bond acceptors (Lipinski definition) is 5. The highest BCUT2D eigenvalue weighted by Crippen LogP contribution is 2.43. The van der Waals surface area contributed by atoms with Gasteiger partial charge in [0.2, 0.25) is 6.23 Å². The maximum Gasteiger partial charge on any atom is 0.330 e. The van der Waals surface area contributed by atoms with Crippen LogP contribution in [-0.2, 0) is 9.16 Å². The molecule has 0 amide bonds. The minimum Gasteiger partial charge on any atom is -0.414 e. The van der Waals surface area contributed by atoms with Crippen LogP contribution in [0.4, 0.5) is 8.78 Å². The number of nitrogens with zero attached hydrogens (tertiary/aromatic N) is 1. The van der Waals surface area contributed by atoms with Crippen LogP contribution in [0.25, 0.3) is 0 Å². The molecular formula is C15H24F2N2O5Si. The van der Waals surface area contributed by atoms with Crippen LogP contribution in [0.1, 0.15) is 27.0 Å². The Bertz CT molecular complexity index is 740. The van der Waals surface area contributed by atoms with Crippen molar-refractivity contribution in [2.75, 3.05) is 6.61 Å². The number of aliphatic hydroxyl groups is 1. The molecule has 1 fully saturated rings. The number of H-pyrrole nitrogens is 1. The van der Waals surface area contributed by atoms with Crippen molar-refractivity contribution in [3.8, 4) is 0 Å². The smallest absolute Gasteiger partial charge is 0.330 e. The van der Waals surface area contributed by atoms with Gasteiger partial charge in [-0.25, -0.2) is 4.79 Å². The molecule has 10 heteroatoms. The first-order valence-corrected chi connectivity index (χ1v) is 10.8. The Hall–Kier alpha value is -1.36. The van der Waals surface area contributed by atoms with Crippen LogP contribution in [0.3, 0.4) is 0 Å². The third kappa shape index (κ3) is 3.76. The van der Waals surface area contributed by atoms with E-state index >= 15 is 0 Å². The Morgan fingerprint density at radius 2 is 2.00 bits per heavy atom. The summed E-state index contributed by atoms with van der Waals surface area (Å²) in [6.07, 6.45) is -4.50. The number of aromatic amines is 1. The van der Waals surface area contributed by atoms with Gasteiger partial charge in [-0.1, -0.05) is 20.8 Å². The summed E-state index contributed by atoms with van der Waals surface area (Å²) in [6.45, 7) is 9.71. The highest BCUT2D eigenvalue weighted by molar-refractivity contribution is 6.74. The lowest BCUT2D eigenvalue weighted by Crippen LogP contribution is -2.45. The molecule has 1 aromatic rings. The van der Waals surface area contributed by atoms with Crippen molar-refractivity contribution >= 4 is 8.32 Å². The lowest BCUT2D eigenvalue weighted by molar-refractivity contribution is -0.141. The fourth-order valence-electron chi connectivity index (χ4n) is 2.23. The predicted octanol–water partition coefficient (Wildman–Crippen LogP) is 1.45. The van der Waals surface area contributed by atoms with Crippen molar-refractivity contribution < 1.29 is 23.1 Å². The van der Waals surface area contributed by atoms with E-state index in [0.29, 0.717) is 4.57 Å². The molecule has 142 valence electrons. The van der Waals surface area contributed by atoms with Gasteiger partial charge >= 0.3 is 11.6 Å². The summed E-state index contributed by atoms with van der Waals surface area (Å²) in [5.41, 5.74) is -1.74. The summed E-state index contributed by atoms with van der Waals surface area (Å²) in [5, 5.41) is 9.84. The monoisotopic (exact) mass is 378 g/mol. The van der Waals surface area contributed by atoms with Gasteiger partial charge in [0.05, 0.1) is 6.61 Å². The number of halogens is 2. The van der Waals surface area contributed by atoms with Gasteiger partial charge in [0, 0.05) is 12.3 Å². The summed E-state index contributed by atoms with van der Waals surface area (Å²) < 4.78 is 40.5. The molecule has 1 aliphatic rings. The number of ether oxygens (including phenoxy) is 1. The highest BCUT2D eigenvalue weighted by atomic mass is 28.4. The molecule has 3 atom stereocenters. The van der Waals surface area contributed by atoms with Crippen molar-refractivity contribution in [2.24, 2.45) is 0 Å². The average Bonchev–Trinajstić information content (AvgIpc) is 2.67. The standard InChI is InChI=1S/C15H24F2N2O5Si/c1-14(2,3)25(4,5)23-8-9-11(21)15(16,17)12(24-9)19-7-6-10(20)18-13(19)22/h6-7,9,11-12,21H,8H2,1-5H3,(H,18,20,22)/t9-,11-,12-/m1/s1. The Morgan fingerprint density at radius 1 is 1.40 bits per heavy atom. The second-order valence-electron chi connectivity index (χ2n) is 7.73. The molecule has 2 rings (SSSR count). The van der Waals surface area contributed by atoms with E-state index in [0.717, 1.165) is 12.3 Å². The Balaban J connectivity index is 2.22. The molecule has 0 radical (unpaired) electrons. The highest BCUT2D eigenvalue weighted by Gasteiger charge is 2.60. The van der Waals surface area contributed by atoms with Crippen LogP contribution in [0.2, 0.25) is 18.1 Å². The van der Waals surface area contributed by atoms with Gasteiger partial charge in [-0.05, 0) is 18.1 Å². The Morgan fingerprint density at radius 3 is 2.52 bits per heavy atom. The van der Waals surface area contributed by atoms with E-state index in [1.807, 2.05) is 38.8 Å². The largest absolute Gasteiger partial charge is 0.414 e. The molecule has 7 nitrogen and oxygen atoms in total. The summed E-state index contributed by atoms with van der Waals surface area (Å²) in [5.74, 6) is -3.70. The SMILES string of the molecule is CC(C)(C)[Si](C)(C)OC[C@H]1O[C@@H](n2ccc(=O)[nH]c2=O)C(F)(F)[C@@H]1O. The first-order valence-electron chi connectivity index (χ1n) is 7.94. The van der Waals surface area contributed by atoms with E-state index in [1.54, 1.807) is 0 Å². The zero-order valence-electron chi connectivity index (χ0n) is 14.9. The molecule has 25 heavy (non-hydrogen) atoms. The van der Waals surface area contributed by atoms with E-state index in [2.05, 4.69) is 0 Å². The molecule has 0 unspecified atom stereocenters. The summed E-state index contributed by atoms with van der Waals surface area (Å²) in [4.78, 5) is 24.7. The van der Waals surface area contributed by atoms with Gasteiger partial charge in [0.25, 0.3) is 5.56 Å². The predicted molar refractivity (Wildman–Crippen MR) is 89.3 cm³/mol.